The summed E-state index contributed by atoms with van der Waals surface area (Å²) in [4.78, 5) is 0. The maximum Gasteiger partial charge on any atom is -0.000824 e. The van der Waals surface area contributed by atoms with Crippen LogP contribution in [0.3, 0.4) is 0 Å². The van der Waals surface area contributed by atoms with Gasteiger partial charge in [0.1, 0.15) is 0 Å². The van der Waals surface area contributed by atoms with Crippen molar-refractivity contribution in [3.05, 3.63) is 35.4 Å². The van der Waals surface area contributed by atoms with Crippen LogP contribution in [-0.4, -0.2) is 19.6 Å². The standard InChI is InChI=1S/C17H30N2/c1-4-15(3)17-7-5-16(6-8-17)10-12-19-13-14(2)9-11-18/h5-8,14-15,19H,4,9-13,18H2,1-3H3. The van der Waals surface area contributed by atoms with E-state index in [9.17, 15) is 0 Å². The predicted molar refractivity (Wildman–Crippen MR) is 84.6 cm³/mol. The minimum absolute atomic E-state index is 0.671. The molecule has 2 nitrogen and oxygen atoms in total. The molecule has 3 N–H and O–H groups in total. The first kappa shape index (κ1) is 16.2. The molecule has 108 valence electrons. The Bertz CT molecular complexity index is 332. The van der Waals surface area contributed by atoms with Crippen molar-refractivity contribution in [2.75, 3.05) is 19.6 Å². The summed E-state index contributed by atoms with van der Waals surface area (Å²) >= 11 is 0. The molecule has 0 fully saturated rings. The zero-order valence-electron chi connectivity index (χ0n) is 12.8. The van der Waals surface area contributed by atoms with Crippen LogP contribution in [0.5, 0.6) is 0 Å². The Morgan fingerprint density at radius 1 is 1.16 bits per heavy atom. The average Bonchev–Trinajstić information content (AvgIpc) is 2.44. The van der Waals surface area contributed by atoms with Gasteiger partial charge in [0, 0.05) is 0 Å². The van der Waals surface area contributed by atoms with Crippen molar-refractivity contribution >= 4 is 0 Å². The fraction of sp³-hybridized carbons (Fsp3) is 0.647. The van der Waals surface area contributed by atoms with Crippen LogP contribution in [0.25, 0.3) is 0 Å². The molecule has 0 saturated carbocycles. The fourth-order valence-electron chi connectivity index (χ4n) is 2.22. The molecule has 0 saturated heterocycles. The van der Waals surface area contributed by atoms with Crippen LogP contribution in [0.15, 0.2) is 24.3 Å². The molecule has 19 heavy (non-hydrogen) atoms. The van der Waals surface area contributed by atoms with E-state index in [0.717, 1.165) is 32.5 Å². The van der Waals surface area contributed by atoms with E-state index in [1.807, 2.05) is 0 Å². The number of hydrogen-bond acceptors (Lipinski definition) is 2. The van der Waals surface area contributed by atoms with Gasteiger partial charge in [0.05, 0.1) is 0 Å². The maximum atomic E-state index is 5.55. The van der Waals surface area contributed by atoms with Gasteiger partial charge in [-0.25, -0.2) is 0 Å². The van der Waals surface area contributed by atoms with Crippen LogP contribution in [0.1, 0.15) is 50.7 Å². The summed E-state index contributed by atoms with van der Waals surface area (Å²) in [5.41, 5.74) is 8.42. The normalized spacial score (nSPS) is 14.3. The average molecular weight is 262 g/mol. The van der Waals surface area contributed by atoms with Gasteiger partial charge in [0.2, 0.25) is 0 Å². The summed E-state index contributed by atoms with van der Waals surface area (Å²) in [6.45, 7) is 9.70. The largest absolute Gasteiger partial charge is 0.330 e. The van der Waals surface area contributed by atoms with Gasteiger partial charge in [-0.1, -0.05) is 45.0 Å². The van der Waals surface area contributed by atoms with Crippen LogP contribution >= 0.6 is 0 Å². The first-order valence-electron chi connectivity index (χ1n) is 7.67. The first-order chi connectivity index (χ1) is 9.17. The van der Waals surface area contributed by atoms with Crippen LogP contribution < -0.4 is 11.1 Å². The molecule has 1 aromatic carbocycles. The minimum Gasteiger partial charge on any atom is -0.330 e. The lowest BCUT2D eigenvalue weighted by Gasteiger charge is -2.12. The minimum atomic E-state index is 0.671. The van der Waals surface area contributed by atoms with Crippen molar-refractivity contribution in [2.45, 2.75) is 46.0 Å². The summed E-state index contributed by atoms with van der Waals surface area (Å²) in [6.07, 6.45) is 3.42. The van der Waals surface area contributed by atoms with Crippen molar-refractivity contribution in [1.29, 1.82) is 0 Å². The van der Waals surface area contributed by atoms with Crippen LogP contribution in [0, 0.1) is 5.92 Å². The van der Waals surface area contributed by atoms with Gasteiger partial charge < -0.3 is 11.1 Å². The molecule has 0 amide bonds. The number of nitrogens with one attached hydrogen (secondary N) is 1. The van der Waals surface area contributed by atoms with E-state index < -0.39 is 0 Å². The quantitative estimate of drug-likeness (QED) is 0.670. The second-order valence-corrected chi connectivity index (χ2v) is 5.69. The van der Waals surface area contributed by atoms with Crippen molar-refractivity contribution in [2.24, 2.45) is 11.7 Å². The third-order valence-electron chi connectivity index (χ3n) is 3.90. The summed E-state index contributed by atoms with van der Waals surface area (Å²) in [6, 6.07) is 9.10. The predicted octanol–water partition coefficient (Wildman–Crippen LogP) is 3.32. The fourth-order valence-corrected chi connectivity index (χ4v) is 2.22. The van der Waals surface area contributed by atoms with Gasteiger partial charge in [-0.3, -0.25) is 0 Å². The van der Waals surface area contributed by atoms with Gasteiger partial charge in [-0.2, -0.15) is 0 Å². The van der Waals surface area contributed by atoms with Crippen LogP contribution in [0.4, 0.5) is 0 Å². The highest BCUT2D eigenvalue weighted by Crippen LogP contribution is 2.18. The van der Waals surface area contributed by atoms with E-state index in [1.54, 1.807) is 0 Å². The van der Waals surface area contributed by atoms with Crippen LogP contribution in [-0.2, 0) is 6.42 Å². The molecule has 1 aromatic rings. The molecule has 2 atom stereocenters. The Kier molecular flexibility index (Phi) is 7.76. The van der Waals surface area contributed by atoms with Gasteiger partial charge in [-0.05, 0) is 61.9 Å². The zero-order chi connectivity index (χ0) is 14.1. The highest BCUT2D eigenvalue weighted by Gasteiger charge is 2.03. The number of benzene rings is 1. The van der Waals surface area contributed by atoms with E-state index in [0.29, 0.717) is 11.8 Å². The SMILES string of the molecule is CCC(C)c1ccc(CCNCC(C)CCN)cc1. The molecule has 1 rings (SSSR count). The lowest BCUT2D eigenvalue weighted by Crippen LogP contribution is -2.24. The number of rotatable bonds is 9. The smallest absolute Gasteiger partial charge is 0.000824 e. The molecule has 0 aliphatic heterocycles. The number of hydrogen-bond donors (Lipinski definition) is 2. The molecule has 0 radical (unpaired) electrons. The van der Waals surface area contributed by atoms with Crippen molar-refractivity contribution in [3.8, 4) is 0 Å². The molecular formula is C17H30N2. The highest BCUT2D eigenvalue weighted by molar-refractivity contribution is 5.25. The lowest BCUT2D eigenvalue weighted by molar-refractivity contribution is 0.489. The second-order valence-electron chi connectivity index (χ2n) is 5.69. The van der Waals surface area contributed by atoms with Crippen LogP contribution in [0.2, 0.25) is 0 Å². The Hall–Kier alpha value is -0.860. The second kappa shape index (κ2) is 9.11. The molecular weight excluding hydrogens is 232 g/mol. The summed E-state index contributed by atoms with van der Waals surface area (Å²) in [7, 11) is 0. The summed E-state index contributed by atoms with van der Waals surface area (Å²) < 4.78 is 0. The molecule has 0 aromatic heterocycles. The molecule has 0 spiro atoms. The topological polar surface area (TPSA) is 38.0 Å². The monoisotopic (exact) mass is 262 g/mol. The van der Waals surface area contributed by atoms with Gasteiger partial charge in [-0.15, -0.1) is 0 Å². The van der Waals surface area contributed by atoms with E-state index in [1.165, 1.54) is 17.5 Å². The molecule has 0 bridgehead atoms. The molecule has 0 aliphatic rings. The molecule has 0 aliphatic carbocycles. The van der Waals surface area contributed by atoms with Crippen molar-refractivity contribution in [3.63, 3.8) is 0 Å². The zero-order valence-corrected chi connectivity index (χ0v) is 12.8. The Labute approximate surface area is 118 Å². The van der Waals surface area contributed by atoms with E-state index in [-0.39, 0.29) is 0 Å². The summed E-state index contributed by atoms with van der Waals surface area (Å²) in [5.74, 6) is 1.35. The van der Waals surface area contributed by atoms with E-state index in [4.69, 9.17) is 5.73 Å². The highest BCUT2D eigenvalue weighted by atomic mass is 14.8. The van der Waals surface area contributed by atoms with Gasteiger partial charge in [0.25, 0.3) is 0 Å². The first-order valence-corrected chi connectivity index (χ1v) is 7.67. The molecule has 2 heteroatoms. The van der Waals surface area contributed by atoms with E-state index >= 15 is 0 Å². The van der Waals surface area contributed by atoms with Gasteiger partial charge >= 0.3 is 0 Å². The summed E-state index contributed by atoms with van der Waals surface area (Å²) in [5, 5.41) is 3.51. The van der Waals surface area contributed by atoms with E-state index in [2.05, 4.69) is 50.4 Å². The Balaban J connectivity index is 2.26. The lowest BCUT2D eigenvalue weighted by atomic mass is 9.97. The molecule has 0 heterocycles. The van der Waals surface area contributed by atoms with Crippen molar-refractivity contribution < 1.29 is 0 Å². The van der Waals surface area contributed by atoms with Gasteiger partial charge in [0.15, 0.2) is 0 Å². The third-order valence-corrected chi connectivity index (χ3v) is 3.90. The number of nitrogens with two attached hydrogens (primary N) is 1. The maximum absolute atomic E-state index is 5.55. The third kappa shape index (κ3) is 6.22. The Morgan fingerprint density at radius 2 is 1.84 bits per heavy atom. The van der Waals surface area contributed by atoms with Crippen molar-refractivity contribution in [1.82, 2.24) is 5.32 Å². The molecule has 2 unspecified atom stereocenters. The Morgan fingerprint density at radius 3 is 2.42 bits per heavy atom.